The molecule has 0 radical (unpaired) electrons. The maximum Gasteiger partial charge on any atom is 0.410 e. The third kappa shape index (κ3) is 7.74. The van der Waals surface area contributed by atoms with Crippen LogP contribution in [0.2, 0.25) is 5.02 Å². The standard InChI is InChI=1S/C36H37ClFN5O5/c1-21-25(9-7-10-27(21)41-29-11-6-8-23(20-44)32(29)38)33-31(37)26(16-17-39-33)28-14-12-22(34(42-28)47-5)18-43(35(46)48-36(2,3)4)19-24-13-15-30(45)40-24/h6-12,14,16-17,20,24,41H,13,15,18-19H2,1-5H3,(H,40,45)/t24-/m0/s1. The Morgan fingerprint density at radius 2 is 1.88 bits per heavy atom. The summed E-state index contributed by atoms with van der Waals surface area (Å²) < 4.78 is 26.1. The number of aldehydes is 1. The molecule has 1 aliphatic heterocycles. The molecule has 2 amide bonds. The van der Waals surface area contributed by atoms with Gasteiger partial charge in [0, 0.05) is 47.6 Å². The predicted octanol–water partition coefficient (Wildman–Crippen LogP) is 7.49. The largest absolute Gasteiger partial charge is 0.481 e. The van der Waals surface area contributed by atoms with Gasteiger partial charge in [0.15, 0.2) is 12.1 Å². The predicted molar refractivity (Wildman–Crippen MR) is 182 cm³/mol. The summed E-state index contributed by atoms with van der Waals surface area (Å²) in [4.78, 5) is 47.1. The second kappa shape index (κ2) is 14.4. The van der Waals surface area contributed by atoms with E-state index in [-0.39, 0.29) is 36.3 Å². The second-order valence-corrected chi connectivity index (χ2v) is 12.9. The maximum absolute atomic E-state index is 14.8. The van der Waals surface area contributed by atoms with Gasteiger partial charge in [-0.25, -0.2) is 14.2 Å². The fourth-order valence-corrected chi connectivity index (χ4v) is 5.78. The van der Waals surface area contributed by atoms with Crippen LogP contribution in [0.1, 0.15) is 55.1 Å². The number of anilines is 2. The van der Waals surface area contributed by atoms with E-state index < -0.39 is 17.5 Å². The number of methoxy groups -OCH3 is 1. The normalized spacial score (nSPS) is 14.3. The molecule has 0 bridgehead atoms. The number of halogens is 2. The van der Waals surface area contributed by atoms with Gasteiger partial charge in [-0.2, -0.15) is 0 Å². The number of carbonyl (C=O) groups excluding carboxylic acids is 3. The van der Waals surface area contributed by atoms with Gasteiger partial charge in [0.2, 0.25) is 11.8 Å². The lowest BCUT2D eigenvalue weighted by Gasteiger charge is -2.29. The molecule has 250 valence electrons. The van der Waals surface area contributed by atoms with E-state index in [9.17, 15) is 18.8 Å². The van der Waals surface area contributed by atoms with Gasteiger partial charge in [-0.15, -0.1) is 0 Å². The van der Waals surface area contributed by atoms with Crippen LogP contribution in [-0.4, -0.2) is 58.5 Å². The van der Waals surface area contributed by atoms with Crippen molar-refractivity contribution in [3.8, 4) is 28.4 Å². The number of amides is 2. The van der Waals surface area contributed by atoms with Crippen LogP contribution < -0.4 is 15.4 Å². The molecule has 0 aliphatic carbocycles. The number of rotatable bonds is 10. The minimum Gasteiger partial charge on any atom is -0.481 e. The number of ether oxygens (including phenoxy) is 2. The van der Waals surface area contributed by atoms with Crippen LogP contribution in [0.15, 0.2) is 60.8 Å². The van der Waals surface area contributed by atoms with Crippen molar-refractivity contribution in [3.05, 3.63) is 88.3 Å². The van der Waals surface area contributed by atoms with E-state index in [1.165, 1.54) is 13.2 Å². The van der Waals surface area contributed by atoms with Crippen molar-refractivity contribution in [3.63, 3.8) is 0 Å². The third-order valence-corrected chi connectivity index (χ3v) is 8.23. The van der Waals surface area contributed by atoms with Crippen molar-refractivity contribution in [1.29, 1.82) is 0 Å². The summed E-state index contributed by atoms with van der Waals surface area (Å²) in [6.45, 7) is 7.67. The van der Waals surface area contributed by atoms with Gasteiger partial charge in [0.25, 0.3) is 0 Å². The van der Waals surface area contributed by atoms with Crippen LogP contribution in [0.25, 0.3) is 22.5 Å². The van der Waals surface area contributed by atoms with Crippen LogP contribution >= 0.6 is 11.6 Å². The van der Waals surface area contributed by atoms with E-state index in [0.29, 0.717) is 58.2 Å². The Morgan fingerprint density at radius 3 is 2.56 bits per heavy atom. The van der Waals surface area contributed by atoms with Gasteiger partial charge in [-0.1, -0.05) is 29.8 Å². The zero-order valence-corrected chi connectivity index (χ0v) is 28.2. The number of pyridine rings is 2. The number of hydrogen-bond acceptors (Lipinski definition) is 8. The first-order chi connectivity index (χ1) is 22.9. The van der Waals surface area contributed by atoms with Crippen LogP contribution in [-0.2, 0) is 16.1 Å². The molecule has 0 spiro atoms. The molecule has 0 unspecified atom stereocenters. The van der Waals surface area contributed by atoms with Gasteiger partial charge < -0.3 is 25.0 Å². The topological polar surface area (TPSA) is 123 Å². The Kier molecular flexibility index (Phi) is 10.3. The molecule has 2 N–H and O–H groups in total. The highest BCUT2D eigenvalue weighted by atomic mass is 35.5. The maximum atomic E-state index is 14.8. The molecule has 1 atom stereocenters. The highest BCUT2D eigenvalue weighted by Crippen LogP contribution is 2.38. The first kappa shape index (κ1) is 34.3. The first-order valence-electron chi connectivity index (χ1n) is 15.4. The van der Waals surface area contributed by atoms with Crippen LogP contribution in [0.5, 0.6) is 5.88 Å². The smallest absolute Gasteiger partial charge is 0.410 e. The van der Waals surface area contributed by atoms with Gasteiger partial charge in [0.05, 0.1) is 41.3 Å². The summed E-state index contributed by atoms with van der Waals surface area (Å²) in [7, 11) is 1.50. The fraction of sp³-hybridized carbons (Fsp3) is 0.306. The number of benzene rings is 2. The molecule has 1 aliphatic rings. The number of carbonyl (C=O) groups is 3. The fourth-order valence-electron chi connectivity index (χ4n) is 5.47. The van der Waals surface area contributed by atoms with E-state index in [2.05, 4.69) is 15.6 Å². The molecule has 5 rings (SSSR count). The van der Waals surface area contributed by atoms with Crippen molar-refractivity contribution in [2.45, 2.75) is 58.7 Å². The van der Waals surface area contributed by atoms with Crippen LogP contribution in [0.4, 0.5) is 20.6 Å². The summed E-state index contributed by atoms with van der Waals surface area (Å²) >= 11 is 6.99. The van der Waals surface area contributed by atoms with Crippen molar-refractivity contribution in [2.75, 3.05) is 19.0 Å². The number of nitrogens with zero attached hydrogens (tertiary/aromatic N) is 3. The Morgan fingerprint density at radius 1 is 1.12 bits per heavy atom. The van der Waals surface area contributed by atoms with E-state index >= 15 is 0 Å². The Bertz CT molecular complexity index is 1860. The van der Waals surface area contributed by atoms with Gasteiger partial charge in [0.1, 0.15) is 5.60 Å². The molecule has 48 heavy (non-hydrogen) atoms. The van der Waals surface area contributed by atoms with E-state index in [0.717, 1.165) is 11.1 Å². The lowest BCUT2D eigenvalue weighted by molar-refractivity contribution is -0.119. The van der Waals surface area contributed by atoms with Gasteiger partial charge in [-0.3, -0.25) is 14.6 Å². The summed E-state index contributed by atoms with van der Waals surface area (Å²) in [5, 5.41) is 6.34. The van der Waals surface area contributed by atoms with Crippen molar-refractivity contribution in [1.82, 2.24) is 20.2 Å². The number of hydrogen-bond donors (Lipinski definition) is 2. The Balaban J connectivity index is 1.44. The average molecular weight is 674 g/mol. The number of nitrogens with one attached hydrogen (secondary N) is 2. The molecule has 4 aromatic rings. The first-order valence-corrected chi connectivity index (χ1v) is 15.8. The zero-order valence-electron chi connectivity index (χ0n) is 27.4. The summed E-state index contributed by atoms with van der Waals surface area (Å²) in [6.07, 6.45) is 2.63. The summed E-state index contributed by atoms with van der Waals surface area (Å²) in [5.41, 5.74) is 3.79. The monoisotopic (exact) mass is 673 g/mol. The van der Waals surface area contributed by atoms with Crippen molar-refractivity contribution < 1.29 is 28.2 Å². The molecule has 2 aromatic carbocycles. The van der Waals surface area contributed by atoms with Gasteiger partial charge >= 0.3 is 6.09 Å². The third-order valence-electron chi connectivity index (χ3n) is 7.85. The molecule has 2 aromatic heterocycles. The second-order valence-electron chi connectivity index (χ2n) is 12.5. The lowest BCUT2D eigenvalue weighted by atomic mass is 10.0. The van der Waals surface area contributed by atoms with E-state index in [4.69, 9.17) is 26.1 Å². The van der Waals surface area contributed by atoms with Crippen molar-refractivity contribution in [2.24, 2.45) is 0 Å². The molecule has 0 saturated carbocycles. The minimum absolute atomic E-state index is 0.0416. The molecule has 1 fully saturated rings. The number of aromatic nitrogens is 2. The van der Waals surface area contributed by atoms with Crippen molar-refractivity contribution >= 4 is 41.3 Å². The van der Waals surface area contributed by atoms with E-state index in [1.54, 1.807) is 68.3 Å². The Hall–Kier alpha value is -5.03. The molecule has 1 saturated heterocycles. The minimum atomic E-state index is -0.707. The van der Waals surface area contributed by atoms with Gasteiger partial charge in [-0.05, 0) is 76.1 Å². The summed E-state index contributed by atoms with van der Waals surface area (Å²) in [5.74, 6) is -0.385. The molecule has 10 nitrogen and oxygen atoms in total. The lowest BCUT2D eigenvalue weighted by Crippen LogP contribution is -2.43. The highest BCUT2D eigenvalue weighted by molar-refractivity contribution is 6.35. The SMILES string of the molecule is COc1nc(-c2ccnc(-c3cccc(Nc4cccc(C=O)c4F)c3C)c2Cl)ccc1CN(C[C@@H]1CCC(=O)N1)C(=O)OC(C)(C)C. The zero-order chi connectivity index (χ0) is 34.6. The molecule has 3 heterocycles. The summed E-state index contributed by atoms with van der Waals surface area (Å²) in [6, 6.07) is 15.2. The quantitative estimate of drug-likeness (QED) is 0.166. The average Bonchev–Trinajstić information content (AvgIpc) is 3.46. The molecule has 12 heteroatoms. The van der Waals surface area contributed by atoms with Crippen LogP contribution in [0, 0.1) is 12.7 Å². The molecular weight excluding hydrogens is 637 g/mol. The highest BCUT2D eigenvalue weighted by Gasteiger charge is 2.29. The Labute approximate surface area is 283 Å². The van der Waals surface area contributed by atoms with Crippen LogP contribution in [0.3, 0.4) is 0 Å². The van der Waals surface area contributed by atoms with E-state index in [1.807, 2.05) is 19.1 Å². The molecular formula is C36H37ClFN5O5.